The Morgan fingerprint density at radius 2 is 2.08 bits per heavy atom. The normalized spacial score (nSPS) is 12.0. The molecule has 8 nitrogen and oxygen atoms in total. The number of phenols is 1. The van der Waals surface area contributed by atoms with Crippen LogP contribution in [-0.4, -0.2) is 28.2 Å². The minimum atomic E-state index is -0.704. The summed E-state index contributed by atoms with van der Waals surface area (Å²) in [5.41, 5.74) is 3.82. The van der Waals surface area contributed by atoms with Crippen LogP contribution < -0.4 is 10.7 Å². The zero-order valence-electron chi connectivity index (χ0n) is 14.1. The van der Waals surface area contributed by atoms with Crippen molar-refractivity contribution in [3.63, 3.8) is 0 Å². The molecule has 0 heterocycles. The topological polar surface area (TPSA) is 117 Å². The second-order valence-electron chi connectivity index (χ2n) is 5.54. The van der Waals surface area contributed by atoms with Crippen LogP contribution in [0.15, 0.2) is 46.0 Å². The molecule has 0 aliphatic carbocycles. The van der Waals surface area contributed by atoms with E-state index >= 15 is 0 Å². The lowest BCUT2D eigenvalue weighted by Gasteiger charge is -2.15. The van der Waals surface area contributed by atoms with Crippen LogP contribution >= 0.6 is 15.9 Å². The molecule has 0 unspecified atom stereocenters. The lowest BCUT2D eigenvalue weighted by molar-refractivity contribution is -0.385. The van der Waals surface area contributed by atoms with E-state index in [-0.39, 0.29) is 5.56 Å². The number of nitrogens with one attached hydrogen (secondary N) is 2. The molecule has 0 aliphatic heterocycles. The van der Waals surface area contributed by atoms with E-state index in [1.165, 1.54) is 12.1 Å². The fraction of sp³-hybridized carbons (Fsp3) is 0.176. The fourth-order valence-electron chi connectivity index (χ4n) is 2.14. The van der Waals surface area contributed by atoms with Crippen molar-refractivity contribution in [2.24, 2.45) is 5.10 Å². The number of carbonyl (C=O) groups excluding carboxylic acids is 1. The van der Waals surface area contributed by atoms with E-state index in [1.54, 1.807) is 6.92 Å². The zero-order valence-corrected chi connectivity index (χ0v) is 15.6. The molecule has 1 amide bonds. The van der Waals surface area contributed by atoms with Crippen LogP contribution in [0, 0.1) is 17.0 Å². The van der Waals surface area contributed by atoms with Gasteiger partial charge in [-0.2, -0.15) is 5.10 Å². The molecular weight excluding hydrogens is 404 g/mol. The summed E-state index contributed by atoms with van der Waals surface area (Å²) in [7, 11) is 0. The van der Waals surface area contributed by atoms with E-state index < -0.39 is 28.3 Å². The minimum Gasteiger partial charge on any atom is -0.502 e. The van der Waals surface area contributed by atoms with Gasteiger partial charge >= 0.3 is 5.69 Å². The van der Waals surface area contributed by atoms with Gasteiger partial charge in [-0.1, -0.05) is 34.1 Å². The van der Waals surface area contributed by atoms with Crippen LogP contribution in [0.25, 0.3) is 0 Å². The number of nitro groups is 1. The second kappa shape index (κ2) is 8.43. The van der Waals surface area contributed by atoms with Crippen molar-refractivity contribution in [1.82, 2.24) is 5.43 Å². The monoisotopic (exact) mass is 420 g/mol. The van der Waals surface area contributed by atoms with Gasteiger partial charge in [0.15, 0.2) is 0 Å². The molecule has 0 saturated carbocycles. The fourth-order valence-corrected chi connectivity index (χ4v) is 2.60. The Kier molecular flexibility index (Phi) is 6.29. The highest BCUT2D eigenvalue weighted by Crippen LogP contribution is 2.32. The number of nitrogens with zero attached hydrogens (tertiary/aromatic N) is 2. The summed E-state index contributed by atoms with van der Waals surface area (Å²) in [5, 5.41) is 27.6. The Morgan fingerprint density at radius 3 is 2.73 bits per heavy atom. The van der Waals surface area contributed by atoms with Crippen LogP contribution in [0.3, 0.4) is 0 Å². The van der Waals surface area contributed by atoms with Crippen molar-refractivity contribution in [3.05, 3.63) is 62.1 Å². The summed E-state index contributed by atoms with van der Waals surface area (Å²) < 4.78 is 0.407. The molecule has 0 aromatic heterocycles. The molecule has 0 spiro atoms. The van der Waals surface area contributed by atoms with E-state index in [4.69, 9.17) is 0 Å². The van der Waals surface area contributed by atoms with Crippen LogP contribution in [0.4, 0.5) is 11.4 Å². The molecule has 26 heavy (non-hydrogen) atoms. The molecular formula is C17H17BrN4O4. The van der Waals surface area contributed by atoms with Gasteiger partial charge < -0.3 is 10.4 Å². The van der Waals surface area contributed by atoms with Crippen molar-refractivity contribution >= 4 is 39.4 Å². The quantitative estimate of drug-likeness (QED) is 0.376. The summed E-state index contributed by atoms with van der Waals surface area (Å²) in [6.45, 7) is 3.60. The largest absolute Gasteiger partial charge is 0.502 e. The van der Waals surface area contributed by atoms with E-state index in [2.05, 4.69) is 31.8 Å². The number of phenolic OH excluding ortho intramolecular Hbond substituents is 1. The van der Waals surface area contributed by atoms with Gasteiger partial charge in [0, 0.05) is 21.8 Å². The van der Waals surface area contributed by atoms with Gasteiger partial charge in [0.25, 0.3) is 5.91 Å². The number of anilines is 1. The standard InChI is InChI=1S/C17H17BrN4O4/c1-10-5-3-4-6-14(10)20-11(2)17(24)21-19-9-12-7-13(18)8-15(16(12)23)22(25)26/h3-9,11,20,23H,1-2H3,(H,21,24)/b19-9-/t11-/m1/s1. The number of amides is 1. The first kappa shape index (κ1) is 19.4. The van der Waals surface area contributed by atoms with Crippen molar-refractivity contribution in [1.29, 1.82) is 0 Å². The molecule has 2 aromatic rings. The van der Waals surface area contributed by atoms with E-state index in [0.717, 1.165) is 17.5 Å². The number of carbonyl (C=O) groups is 1. The van der Waals surface area contributed by atoms with Crippen molar-refractivity contribution in [2.75, 3.05) is 5.32 Å². The highest BCUT2D eigenvalue weighted by atomic mass is 79.9. The van der Waals surface area contributed by atoms with Crippen molar-refractivity contribution < 1.29 is 14.8 Å². The number of para-hydroxylation sites is 1. The summed E-state index contributed by atoms with van der Waals surface area (Å²) in [6, 6.07) is 9.63. The first-order chi connectivity index (χ1) is 12.3. The van der Waals surface area contributed by atoms with Crippen LogP contribution in [0.1, 0.15) is 18.1 Å². The number of hydrogen-bond donors (Lipinski definition) is 3. The third-order valence-corrected chi connectivity index (χ3v) is 4.03. The highest BCUT2D eigenvalue weighted by Gasteiger charge is 2.18. The number of benzene rings is 2. The number of nitro benzene ring substituents is 1. The maximum absolute atomic E-state index is 12.1. The van der Waals surface area contributed by atoms with E-state index in [1.807, 2.05) is 31.2 Å². The minimum absolute atomic E-state index is 0.103. The Balaban J connectivity index is 2.05. The van der Waals surface area contributed by atoms with Crippen molar-refractivity contribution in [2.45, 2.75) is 19.9 Å². The Labute approximate surface area is 158 Å². The average molecular weight is 421 g/mol. The number of aromatic hydroxyl groups is 1. The van der Waals surface area contributed by atoms with E-state index in [9.17, 15) is 20.0 Å². The zero-order chi connectivity index (χ0) is 19.3. The first-order valence-corrected chi connectivity index (χ1v) is 8.41. The summed E-state index contributed by atoms with van der Waals surface area (Å²) in [6.07, 6.45) is 1.14. The molecule has 0 radical (unpaired) electrons. The number of hydrogen-bond acceptors (Lipinski definition) is 6. The predicted molar refractivity (Wildman–Crippen MR) is 102 cm³/mol. The molecule has 136 valence electrons. The SMILES string of the molecule is Cc1ccccc1N[C@H](C)C(=O)N/N=C\c1cc(Br)cc([N+](=O)[O-])c1O. The molecule has 2 rings (SSSR count). The first-order valence-electron chi connectivity index (χ1n) is 7.61. The number of rotatable bonds is 6. The van der Waals surface area contributed by atoms with Crippen LogP contribution in [0.2, 0.25) is 0 Å². The molecule has 0 fully saturated rings. The molecule has 2 aromatic carbocycles. The molecule has 0 bridgehead atoms. The maximum Gasteiger partial charge on any atom is 0.312 e. The summed E-state index contributed by atoms with van der Waals surface area (Å²) >= 11 is 3.13. The predicted octanol–water partition coefficient (Wildman–Crippen LogP) is 3.32. The van der Waals surface area contributed by atoms with Gasteiger partial charge in [0.2, 0.25) is 5.75 Å². The summed E-state index contributed by atoms with van der Waals surface area (Å²) in [4.78, 5) is 22.3. The Morgan fingerprint density at radius 1 is 1.38 bits per heavy atom. The van der Waals surface area contributed by atoms with Crippen LogP contribution in [0.5, 0.6) is 5.75 Å². The lowest BCUT2D eigenvalue weighted by Crippen LogP contribution is -2.35. The smallest absolute Gasteiger partial charge is 0.312 e. The molecule has 9 heteroatoms. The van der Waals surface area contributed by atoms with E-state index in [0.29, 0.717) is 4.47 Å². The molecule has 3 N–H and O–H groups in total. The third-order valence-electron chi connectivity index (χ3n) is 3.57. The van der Waals surface area contributed by atoms with Crippen LogP contribution in [-0.2, 0) is 4.79 Å². The van der Waals surface area contributed by atoms with Gasteiger partial charge in [0.05, 0.1) is 11.1 Å². The number of halogens is 1. The molecule has 1 atom stereocenters. The Hall–Kier alpha value is -2.94. The molecule has 0 aliphatic rings. The average Bonchev–Trinajstić information content (AvgIpc) is 2.59. The lowest BCUT2D eigenvalue weighted by atomic mass is 10.2. The maximum atomic E-state index is 12.1. The van der Waals surface area contributed by atoms with Crippen molar-refractivity contribution in [3.8, 4) is 5.75 Å². The summed E-state index contributed by atoms with van der Waals surface area (Å²) in [5.74, 6) is -0.921. The van der Waals surface area contributed by atoms with Gasteiger partial charge in [-0.25, -0.2) is 5.43 Å². The second-order valence-corrected chi connectivity index (χ2v) is 6.45. The van der Waals surface area contributed by atoms with Gasteiger partial charge in [-0.15, -0.1) is 0 Å². The van der Waals surface area contributed by atoms with Gasteiger partial charge in [0.1, 0.15) is 6.04 Å². The number of aryl methyl sites for hydroxylation is 1. The Bertz CT molecular complexity index is 870. The number of hydrazone groups is 1. The van der Waals surface area contributed by atoms with Gasteiger partial charge in [-0.3, -0.25) is 14.9 Å². The highest BCUT2D eigenvalue weighted by molar-refractivity contribution is 9.10. The third kappa shape index (κ3) is 4.79. The van der Waals surface area contributed by atoms with Gasteiger partial charge in [-0.05, 0) is 31.5 Å². The molecule has 0 saturated heterocycles.